The van der Waals surface area contributed by atoms with Crippen molar-refractivity contribution in [1.82, 2.24) is 9.88 Å². The van der Waals surface area contributed by atoms with Gasteiger partial charge in [-0.3, -0.25) is 14.9 Å². The van der Waals surface area contributed by atoms with E-state index in [2.05, 4.69) is 56.8 Å². The molecule has 0 aromatic carbocycles. The second-order valence-corrected chi connectivity index (χ2v) is 7.22. The second kappa shape index (κ2) is 10.1. The summed E-state index contributed by atoms with van der Waals surface area (Å²) in [5, 5.41) is 0. The van der Waals surface area contributed by atoms with Crippen LogP contribution in [0.5, 0.6) is 0 Å². The predicted octanol–water partition coefficient (Wildman–Crippen LogP) is 2.41. The highest BCUT2D eigenvalue weighted by Crippen LogP contribution is 2.19. The Labute approximate surface area is 172 Å². The zero-order valence-corrected chi connectivity index (χ0v) is 17.4. The summed E-state index contributed by atoms with van der Waals surface area (Å²) in [4.78, 5) is 29.5. The molecule has 29 heavy (non-hydrogen) atoms. The van der Waals surface area contributed by atoms with E-state index < -0.39 is 0 Å². The summed E-state index contributed by atoms with van der Waals surface area (Å²) in [6.45, 7) is 8.69. The molecule has 0 bridgehead atoms. The number of esters is 1. The number of carbonyl (C=O) groups is 1. The van der Waals surface area contributed by atoms with Gasteiger partial charge in [0.2, 0.25) is 0 Å². The van der Waals surface area contributed by atoms with Crippen LogP contribution in [0.4, 0.5) is 5.82 Å². The smallest absolute Gasteiger partial charge is 0.339 e. The number of rotatable bonds is 4. The van der Waals surface area contributed by atoms with Crippen molar-refractivity contribution < 1.29 is 9.53 Å². The molecule has 0 amide bonds. The maximum Gasteiger partial charge on any atom is 0.339 e. The molecule has 1 saturated heterocycles. The number of aliphatic imine (C=N–C) groups is 2. The molecule has 7 heteroatoms. The van der Waals surface area contributed by atoms with Crippen molar-refractivity contribution in [3.8, 4) is 0 Å². The fourth-order valence-electron chi connectivity index (χ4n) is 3.55. The Kier molecular flexibility index (Phi) is 7.30. The van der Waals surface area contributed by atoms with Gasteiger partial charge in [0.1, 0.15) is 5.82 Å². The first kappa shape index (κ1) is 20.9. The lowest BCUT2D eigenvalue weighted by molar-refractivity contribution is 0.0600. The summed E-state index contributed by atoms with van der Waals surface area (Å²) in [7, 11) is 1.38. The van der Waals surface area contributed by atoms with Crippen LogP contribution in [0.1, 0.15) is 24.2 Å². The molecule has 2 aliphatic heterocycles. The molecule has 0 spiro atoms. The van der Waals surface area contributed by atoms with Crippen molar-refractivity contribution in [2.24, 2.45) is 9.98 Å². The standard InChI is InChI=1S/C22H29N5O2/c1-17-15-19(5-4-8-23-9-10-24-17)18(2)26-11-13-27(14-12-26)21-7-6-20(16-25-21)22(28)29-3/h4-7,9-10,15-18H,8,11-14H2,1-3H3. The lowest BCUT2D eigenvalue weighted by atomic mass is 10.0. The maximum absolute atomic E-state index is 11.6. The molecule has 7 nitrogen and oxygen atoms in total. The second-order valence-electron chi connectivity index (χ2n) is 7.22. The van der Waals surface area contributed by atoms with Gasteiger partial charge in [-0.15, -0.1) is 0 Å². The largest absolute Gasteiger partial charge is 0.465 e. The van der Waals surface area contributed by atoms with Crippen molar-refractivity contribution in [2.45, 2.75) is 25.9 Å². The van der Waals surface area contributed by atoms with Crippen LogP contribution in [0.2, 0.25) is 0 Å². The van der Waals surface area contributed by atoms with Gasteiger partial charge in [-0.05, 0) is 31.6 Å². The molecule has 3 rings (SSSR count). The molecule has 2 aliphatic rings. The van der Waals surface area contributed by atoms with E-state index in [1.807, 2.05) is 6.07 Å². The molecule has 3 heterocycles. The van der Waals surface area contributed by atoms with E-state index in [1.165, 1.54) is 12.7 Å². The molecular formula is C22H29N5O2. The number of hydrogen-bond acceptors (Lipinski definition) is 7. The maximum atomic E-state index is 11.6. The molecule has 0 saturated carbocycles. The Morgan fingerprint density at radius 2 is 2.00 bits per heavy atom. The van der Waals surface area contributed by atoms with Gasteiger partial charge in [-0.25, -0.2) is 9.78 Å². The first-order valence-corrected chi connectivity index (χ1v) is 10.0. The van der Waals surface area contributed by atoms with Crippen molar-refractivity contribution in [3.05, 3.63) is 47.7 Å². The highest BCUT2D eigenvalue weighted by Gasteiger charge is 2.23. The van der Waals surface area contributed by atoms with Crippen molar-refractivity contribution in [2.75, 3.05) is 44.7 Å². The summed E-state index contributed by atoms with van der Waals surface area (Å²) in [6.07, 6.45) is 11.6. The van der Waals surface area contributed by atoms with Crippen LogP contribution in [0.3, 0.4) is 0 Å². The number of carbonyl (C=O) groups excluding carboxylic acids is 1. The lowest BCUT2D eigenvalue weighted by Crippen LogP contribution is -2.50. The number of aromatic nitrogens is 1. The molecule has 154 valence electrons. The van der Waals surface area contributed by atoms with Crippen LogP contribution in [0.15, 0.2) is 52.1 Å². The van der Waals surface area contributed by atoms with E-state index in [0.29, 0.717) is 18.2 Å². The summed E-state index contributed by atoms with van der Waals surface area (Å²) in [6, 6.07) is 4.09. The van der Waals surface area contributed by atoms with E-state index >= 15 is 0 Å². The van der Waals surface area contributed by atoms with Gasteiger partial charge < -0.3 is 9.64 Å². The molecule has 1 aromatic rings. The van der Waals surface area contributed by atoms with Crippen LogP contribution in [-0.4, -0.2) is 80.2 Å². The van der Waals surface area contributed by atoms with Gasteiger partial charge in [0, 0.05) is 50.8 Å². The van der Waals surface area contributed by atoms with E-state index in [1.54, 1.807) is 24.7 Å². The number of ether oxygens (including phenoxy) is 1. The molecule has 2 unspecified atom stereocenters. The zero-order valence-electron chi connectivity index (χ0n) is 17.4. The highest BCUT2D eigenvalue weighted by molar-refractivity contribution is 6.16. The zero-order chi connectivity index (χ0) is 20.6. The topological polar surface area (TPSA) is 70.4 Å². The monoisotopic (exact) mass is 395 g/mol. The Morgan fingerprint density at radius 1 is 1.21 bits per heavy atom. The molecule has 2 atom stereocenters. The number of pyridine rings is 1. The molecule has 0 N–H and O–H groups in total. The minimum Gasteiger partial charge on any atom is -0.465 e. The van der Waals surface area contributed by atoms with Crippen LogP contribution in [-0.2, 0) is 4.74 Å². The number of nitrogens with zero attached hydrogens (tertiary/aromatic N) is 5. The van der Waals surface area contributed by atoms with Crippen molar-refractivity contribution in [1.29, 1.82) is 0 Å². The SMILES string of the molecule is COC(=O)c1ccc(N2CCN(C(C)C3=CC(C)N=CC=NCC=C3)CC2)nc1. The first-order chi connectivity index (χ1) is 14.1. The number of hydrogen-bond donors (Lipinski definition) is 0. The van der Waals surface area contributed by atoms with Crippen molar-refractivity contribution in [3.63, 3.8) is 0 Å². The Morgan fingerprint density at radius 3 is 2.69 bits per heavy atom. The normalized spacial score (nSPS) is 21.6. The van der Waals surface area contributed by atoms with Gasteiger partial charge >= 0.3 is 5.97 Å². The third-order valence-electron chi connectivity index (χ3n) is 5.29. The predicted molar refractivity (Wildman–Crippen MR) is 117 cm³/mol. The van der Waals surface area contributed by atoms with E-state index in [-0.39, 0.29) is 12.0 Å². The Bertz CT molecular complexity index is 805. The third-order valence-corrected chi connectivity index (χ3v) is 5.29. The highest BCUT2D eigenvalue weighted by atomic mass is 16.5. The summed E-state index contributed by atoms with van der Waals surface area (Å²) in [5.74, 6) is 0.530. The van der Waals surface area contributed by atoms with E-state index in [9.17, 15) is 4.79 Å². The molecule has 1 aromatic heterocycles. The summed E-state index contributed by atoms with van der Waals surface area (Å²) < 4.78 is 4.73. The van der Waals surface area contributed by atoms with Crippen LogP contribution in [0, 0.1) is 0 Å². The number of anilines is 1. The average Bonchev–Trinajstić information content (AvgIpc) is 2.77. The number of piperazine rings is 1. The fourth-order valence-corrected chi connectivity index (χ4v) is 3.55. The van der Waals surface area contributed by atoms with Gasteiger partial charge in [0.25, 0.3) is 0 Å². The number of methoxy groups -OCH3 is 1. The van der Waals surface area contributed by atoms with Gasteiger partial charge in [-0.1, -0.05) is 18.2 Å². The quantitative estimate of drug-likeness (QED) is 0.732. The van der Waals surface area contributed by atoms with Crippen LogP contribution in [0.25, 0.3) is 0 Å². The minimum atomic E-state index is -0.362. The molecule has 0 aliphatic carbocycles. The summed E-state index contributed by atoms with van der Waals surface area (Å²) in [5.41, 5.74) is 1.75. The lowest BCUT2D eigenvalue weighted by Gasteiger charge is -2.39. The van der Waals surface area contributed by atoms with Crippen LogP contribution >= 0.6 is 0 Å². The first-order valence-electron chi connectivity index (χ1n) is 10.0. The third kappa shape index (κ3) is 5.60. The van der Waals surface area contributed by atoms with Crippen LogP contribution < -0.4 is 4.90 Å². The van der Waals surface area contributed by atoms with Gasteiger partial charge in [0.05, 0.1) is 25.3 Å². The molecule has 0 radical (unpaired) electrons. The van der Waals surface area contributed by atoms with Gasteiger partial charge in [0.15, 0.2) is 0 Å². The van der Waals surface area contributed by atoms with E-state index in [0.717, 1.165) is 32.0 Å². The summed E-state index contributed by atoms with van der Waals surface area (Å²) >= 11 is 0. The fraction of sp³-hybridized carbons (Fsp3) is 0.455. The Hall–Kier alpha value is -2.80. The minimum absolute atomic E-state index is 0.125. The average molecular weight is 396 g/mol. The van der Waals surface area contributed by atoms with Crippen molar-refractivity contribution >= 4 is 24.2 Å². The molecule has 1 fully saturated rings. The van der Waals surface area contributed by atoms with Gasteiger partial charge in [-0.2, -0.15) is 0 Å². The molecular weight excluding hydrogens is 366 g/mol. The Balaban J connectivity index is 1.62. The van der Waals surface area contributed by atoms with E-state index in [4.69, 9.17) is 4.74 Å².